The van der Waals surface area contributed by atoms with Crippen LogP contribution in [-0.4, -0.2) is 17.9 Å². The summed E-state index contributed by atoms with van der Waals surface area (Å²) in [5, 5.41) is 14.0. The number of nitro benzene ring substituents is 1. The summed E-state index contributed by atoms with van der Waals surface area (Å²) < 4.78 is 19.8. The first-order valence-corrected chi connectivity index (χ1v) is 8.05. The number of carbonyl (C=O) groups excluding carboxylic acids is 1. The first-order chi connectivity index (χ1) is 11.9. The second kappa shape index (κ2) is 6.48. The monoisotopic (exact) mass is 360 g/mol. The minimum atomic E-state index is -0.560. The number of rotatable bonds is 4. The molecular formula is C17H13FN2O4S. The zero-order valence-electron chi connectivity index (χ0n) is 13.3. The van der Waals surface area contributed by atoms with Crippen LogP contribution in [0, 0.1) is 22.9 Å². The Morgan fingerprint density at radius 3 is 2.72 bits per heavy atom. The molecule has 2 aromatic carbocycles. The molecule has 0 fully saturated rings. The third kappa shape index (κ3) is 3.03. The normalized spacial score (nSPS) is 10.7. The minimum Gasteiger partial charge on any atom is -0.495 e. The van der Waals surface area contributed by atoms with Gasteiger partial charge < -0.3 is 10.1 Å². The Balaban J connectivity index is 2.01. The lowest BCUT2D eigenvalue weighted by atomic mass is 10.1. The number of methoxy groups -OCH3 is 1. The van der Waals surface area contributed by atoms with Crippen molar-refractivity contribution in [2.75, 3.05) is 12.4 Å². The number of hydrogen-bond donors (Lipinski definition) is 1. The van der Waals surface area contributed by atoms with Gasteiger partial charge in [-0.1, -0.05) is 6.07 Å². The molecule has 0 radical (unpaired) electrons. The molecule has 1 N–H and O–H groups in total. The molecular weight excluding hydrogens is 347 g/mol. The van der Waals surface area contributed by atoms with Crippen LogP contribution < -0.4 is 10.1 Å². The average Bonchev–Trinajstić information content (AvgIpc) is 2.93. The van der Waals surface area contributed by atoms with Crippen LogP contribution in [0.2, 0.25) is 0 Å². The maximum Gasteiger partial charge on any atom is 0.271 e. The first-order valence-electron chi connectivity index (χ1n) is 7.23. The van der Waals surface area contributed by atoms with Gasteiger partial charge in [-0.2, -0.15) is 0 Å². The number of amides is 1. The number of benzene rings is 2. The third-order valence-corrected chi connectivity index (χ3v) is 5.01. The van der Waals surface area contributed by atoms with Crippen LogP contribution in [-0.2, 0) is 0 Å². The number of aryl methyl sites for hydroxylation is 1. The number of thiophene rings is 1. The Bertz CT molecular complexity index is 1000. The number of anilines is 1. The van der Waals surface area contributed by atoms with Gasteiger partial charge in [-0.25, -0.2) is 4.39 Å². The average molecular weight is 360 g/mol. The Hall–Kier alpha value is -3.00. The molecule has 0 spiro atoms. The molecule has 1 aromatic heterocycles. The van der Waals surface area contributed by atoms with Crippen molar-refractivity contribution >= 4 is 38.7 Å². The fraction of sp³-hybridized carbons (Fsp3) is 0.118. The number of ether oxygens (including phenoxy) is 1. The maximum atomic E-state index is 14.0. The van der Waals surface area contributed by atoms with E-state index in [1.54, 1.807) is 19.1 Å². The van der Waals surface area contributed by atoms with Gasteiger partial charge in [0.25, 0.3) is 11.6 Å². The van der Waals surface area contributed by atoms with E-state index >= 15 is 0 Å². The number of carbonyl (C=O) groups is 1. The molecule has 0 bridgehead atoms. The van der Waals surface area contributed by atoms with E-state index in [2.05, 4.69) is 5.32 Å². The van der Waals surface area contributed by atoms with Crippen LogP contribution in [0.1, 0.15) is 15.2 Å². The molecule has 25 heavy (non-hydrogen) atoms. The Morgan fingerprint density at radius 1 is 1.32 bits per heavy atom. The number of non-ortho nitro benzene ring substituents is 1. The van der Waals surface area contributed by atoms with Crippen molar-refractivity contribution in [1.82, 2.24) is 0 Å². The lowest BCUT2D eigenvalue weighted by Gasteiger charge is -2.09. The summed E-state index contributed by atoms with van der Waals surface area (Å²) in [7, 11) is 1.40. The molecule has 0 saturated carbocycles. The highest BCUT2D eigenvalue weighted by atomic mass is 32.1. The van der Waals surface area contributed by atoms with Crippen molar-refractivity contribution in [2.24, 2.45) is 0 Å². The molecule has 6 nitrogen and oxygen atoms in total. The van der Waals surface area contributed by atoms with E-state index in [0.29, 0.717) is 26.3 Å². The van der Waals surface area contributed by atoms with E-state index in [1.165, 1.54) is 31.4 Å². The van der Waals surface area contributed by atoms with Gasteiger partial charge in [-0.3, -0.25) is 14.9 Å². The van der Waals surface area contributed by atoms with Gasteiger partial charge in [0.05, 0.1) is 22.6 Å². The summed E-state index contributed by atoms with van der Waals surface area (Å²) >= 11 is 1.16. The maximum absolute atomic E-state index is 14.0. The first kappa shape index (κ1) is 16.8. The molecule has 128 valence electrons. The molecule has 0 aliphatic carbocycles. The second-order valence-corrected chi connectivity index (χ2v) is 6.32. The summed E-state index contributed by atoms with van der Waals surface area (Å²) in [6.07, 6.45) is 0. The van der Waals surface area contributed by atoms with Gasteiger partial charge in [0.2, 0.25) is 0 Å². The van der Waals surface area contributed by atoms with E-state index in [4.69, 9.17) is 4.74 Å². The van der Waals surface area contributed by atoms with Crippen LogP contribution in [0.25, 0.3) is 10.1 Å². The summed E-state index contributed by atoms with van der Waals surface area (Å²) in [6, 6.07) is 8.58. The highest BCUT2D eigenvalue weighted by molar-refractivity contribution is 7.21. The Kier molecular flexibility index (Phi) is 4.37. The molecule has 0 aliphatic heterocycles. The molecule has 0 atom stereocenters. The van der Waals surface area contributed by atoms with E-state index in [1.807, 2.05) is 0 Å². The molecule has 0 aliphatic rings. The second-order valence-electron chi connectivity index (χ2n) is 5.26. The van der Waals surface area contributed by atoms with Crippen molar-refractivity contribution < 1.29 is 18.8 Å². The number of hydrogen-bond acceptors (Lipinski definition) is 5. The third-order valence-electron chi connectivity index (χ3n) is 3.75. The smallest absolute Gasteiger partial charge is 0.271 e. The largest absolute Gasteiger partial charge is 0.495 e. The van der Waals surface area contributed by atoms with Crippen LogP contribution in [0.15, 0.2) is 36.4 Å². The summed E-state index contributed by atoms with van der Waals surface area (Å²) in [6.45, 7) is 1.67. The zero-order chi connectivity index (χ0) is 18.1. The Labute approximate surface area is 146 Å². The number of halogens is 1. The topological polar surface area (TPSA) is 81.5 Å². The van der Waals surface area contributed by atoms with Crippen molar-refractivity contribution in [3.05, 3.63) is 62.8 Å². The SMILES string of the molecule is COc1ccc([N+](=O)[O-])cc1NC(=O)c1sc2cccc(F)c2c1C. The summed E-state index contributed by atoms with van der Waals surface area (Å²) in [5.74, 6) is -0.570. The molecule has 1 heterocycles. The molecule has 8 heteroatoms. The predicted octanol–water partition coefficient (Wildman–Crippen LogP) is 4.52. The summed E-state index contributed by atoms with van der Waals surface area (Å²) in [5.41, 5.74) is 0.536. The van der Waals surface area contributed by atoms with Crippen LogP contribution >= 0.6 is 11.3 Å². The predicted molar refractivity (Wildman–Crippen MR) is 94.1 cm³/mol. The number of nitro groups is 1. The quantitative estimate of drug-likeness (QED) is 0.548. The van der Waals surface area contributed by atoms with E-state index in [-0.39, 0.29) is 11.4 Å². The number of nitrogens with one attached hydrogen (secondary N) is 1. The van der Waals surface area contributed by atoms with Crippen molar-refractivity contribution in [3.8, 4) is 5.75 Å². The van der Waals surface area contributed by atoms with E-state index in [9.17, 15) is 19.3 Å². The van der Waals surface area contributed by atoms with Crippen molar-refractivity contribution in [3.63, 3.8) is 0 Å². The van der Waals surface area contributed by atoms with Crippen LogP contribution in [0.5, 0.6) is 5.75 Å². The number of fused-ring (bicyclic) bond motifs is 1. The lowest BCUT2D eigenvalue weighted by molar-refractivity contribution is -0.384. The lowest BCUT2D eigenvalue weighted by Crippen LogP contribution is -2.12. The fourth-order valence-electron chi connectivity index (χ4n) is 2.56. The van der Waals surface area contributed by atoms with Gasteiger partial charge in [-0.15, -0.1) is 11.3 Å². The van der Waals surface area contributed by atoms with E-state index in [0.717, 1.165) is 11.3 Å². The highest BCUT2D eigenvalue weighted by Crippen LogP contribution is 2.34. The van der Waals surface area contributed by atoms with Crippen molar-refractivity contribution in [2.45, 2.75) is 6.92 Å². The molecule has 3 aromatic rings. The highest BCUT2D eigenvalue weighted by Gasteiger charge is 2.20. The molecule has 3 rings (SSSR count). The van der Waals surface area contributed by atoms with Gasteiger partial charge in [0.15, 0.2) is 0 Å². The zero-order valence-corrected chi connectivity index (χ0v) is 14.1. The van der Waals surface area contributed by atoms with Gasteiger partial charge in [-0.05, 0) is 30.7 Å². The number of nitrogens with zero attached hydrogens (tertiary/aromatic N) is 1. The summed E-state index contributed by atoms with van der Waals surface area (Å²) in [4.78, 5) is 23.3. The van der Waals surface area contributed by atoms with Gasteiger partial charge in [0, 0.05) is 22.2 Å². The Morgan fingerprint density at radius 2 is 2.08 bits per heavy atom. The minimum absolute atomic E-state index is 0.171. The fourth-order valence-corrected chi connectivity index (χ4v) is 3.67. The van der Waals surface area contributed by atoms with E-state index < -0.39 is 16.6 Å². The van der Waals surface area contributed by atoms with Crippen molar-refractivity contribution in [1.29, 1.82) is 0 Å². The van der Waals surface area contributed by atoms with Gasteiger partial charge in [0.1, 0.15) is 11.6 Å². The van der Waals surface area contributed by atoms with Crippen LogP contribution in [0.4, 0.5) is 15.8 Å². The van der Waals surface area contributed by atoms with Crippen LogP contribution in [0.3, 0.4) is 0 Å². The molecule has 1 amide bonds. The van der Waals surface area contributed by atoms with Gasteiger partial charge >= 0.3 is 0 Å². The molecule has 0 unspecified atom stereocenters. The standard InChI is InChI=1S/C17H13FN2O4S/c1-9-15-11(18)4-3-5-14(15)25-16(9)17(21)19-12-8-10(20(22)23)6-7-13(12)24-2/h3-8H,1-2H3,(H,19,21). The molecule has 0 saturated heterocycles.